The predicted octanol–water partition coefficient (Wildman–Crippen LogP) is 2.85. The first kappa shape index (κ1) is 18.3. The summed E-state index contributed by atoms with van der Waals surface area (Å²) >= 11 is 0. The average Bonchev–Trinajstić information content (AvgIpc) is 3.02. The Morgan fingerprint density at radius 1 is 1.24 bits per heavy atom. The number of carbonyl (C=O) groups excluding carboxylic acids is 1. The number of nitrogens with one attached hydrogen (secondary N) is 1. The Morgan fingerprint density at radius 3 is 2.60 bits per heavy atom. The van der Waals surface area contributed by atoms with Gasteiger partial charge in [0.25, 0.3) is 0 Å². The van der Waals surface area contributed by atoms with Gasteiger partial charge < -0.3 is 10.4 Å². The molecule has 0 aromatic heterocycles. The van der Waals surface area contributed by atoms with Gasteiger partial charge in [0.1, 0.15) is 5.82 Å². The Kier molecular flexibility index (Phi) is 6.07. The summed E-state index contributed by atoms with van der Waals surface area (Å²) in [6.45, 7) is 3.19. The van der Waals surface area contributed by atoms with E-state index >= 15 is 0 Å². The molecule has 2 aliphatic rings. The van der Waals surface area contributed by atoms with Crippen molar-refractivity contribution in [3.05, 3.63) is 35.6 Å². The number of amides is 1. The molecule has 0 atom stereocenters. The highest BCUT2D eigenvalue weighted by Gasteiger charge is 2.33. The molecular weight excluding hydrogens is 319 g/mol. The van der Waals surface area contributed by atoms with Crippen molar-refractivity contribution < 1.29 is 14.3 Å². The summed E-state index contributed by atoms with van der Waals surface area (Å²) in [6, 6.07) is 6.94. The monoisotopic (exact) mass is 348 g/mol. The minimum absolute atomic E-state index is 0.0295. The summed E-state index contributed by atoms with van der Waals surface area (Å²) in [4.78, 5) is 14.3. The number of hydrogen-bond donors (Lipinski definition) is 2. The second-order valence-corrected chi connectivity index (χ2v) is 7.72. The highest BCUT2D eigenvalue weighted by molar-refractivity contribution is 5.77. The van der Waals surface area contributed by atoms with E-state index in [2.05, 4.69) is 10.2 Å². The highest BCUT2D eigenvalue weighted by Crippen LogP contribution is 2.32. The van der Waals surface area contributed by atoms with Crippen LogP contribution in [0.15, 0.2) is 24.3 Å². The molecule has 2 fully saturated rings. The molecule has 0 unspecified atom stereocenters. The number of halogens is 1. The lowest BCUT2D eigenvalue weighted by Gasteiger charge is -2.32. The lowest BCUT2D eigenvalue weighted by molar-refractivity contribution is -0.126. The number of hydrogen-bond acceptors (Lipinski definition) is 3. The Balaban J connectivity index is 1.36. The molecule has 1 saturated heterocycles. The second-order valence-electron chi connectivity index (χ2n) is 7.72. The van der Waals surface area contributed by atoms with E-state index in [1.54, 1.807) is 6.07 Å². The SMILES string of the molecule is O=C(CC1(O)CCCC1)NCC1CCN(Cc2ccccc2F)CC1. The number of piperidine rings is 1. The second kappa shape index (κ2) is 8.28. The Hall–Kier alpha value is -1.46. The number of likely N-dealkylation sites (tertiary alicyclic amines) is 1. The fourth-order valence-corrected chi connectivity index (χ4v) is 4.05. The molecule has 1 aromatic carbocycles. The van der Waals surface area contributed by atoms with Crippen LogP contribution in [-0.4, -0.2) is 41.1 Å². The summed E-state index contributed by atoms with van der Waals surface area (Å²) in [6.07, 6.45) is 5.79. The summed E-state index contributed by atoms with van der Waals surface area (Å²) in [5.41, 5.74) is -0.0215. The Labute approximate surface area is 149 Å². The maximum absolute atomic E-state index is 13.7. The van der Waals surface area contributed by atoms with E-state index in [4.69, 9.17) is 0 Å². The van der Waals surface area contributed by atoms with Crippen molar-refractivity contribution >= 4 is 5.91 Å². The van der Waals surface area contributed by atoms with Gasteiger partial charge in [0.15, 0.2) is 0 Å². The van der Waals surface area contributed by atoms with Crippen LogP contribution in [0.2, 0.25) is 0 Å². The number of carbonyl (C=O) groups is 1. The molecule has 138 valence electrons. The molecule has 0 spiro atoms. The third-order valence-corrected chi connectivity index (χ3v) is 5.67. The normalized spacial score (nSPS) is 21.4. The third kappa shape index (κ3) is 5.25. The van der Waals surface area contributed by atoms with Gasteiger partial charge in [-0.25, -0.2) is 4.39 Å². The molecule has 1 heterocycles. The number of benzene rings is 1. The van der Waals surface area contributed by atoms with Crippen molar-refractivity contribution in [1.82, 2.24) is 10.2 Å². The average molecular weight is 348 g/mol. The molecule has 4 nitrogen and oxygen atoms in total. The van der Waals surface area contributed by atoms with Crippen LogP contribution in [0.3, 0.4) is 0 Å². The van der Waals surface area contributed by atoms with E-state index in [1.807, 2.05) is 12.1 Å². The van der Waals surface area contributed by atoms with Crippen LogP contribution in [0.25, 0.3) is 0 Å². The molecule has 3 rings (SSSR count). The largest absolute Gasteiger partial charge is 0.389 e. The lowest BCUT2D eigenvalue weighted by Crippen LogP contribution is -2.40. The minimum atomic E-state index is -0.771. The Bertz CT molecular complexity index is 579. The molecule has 0 bridgehead atoms. The fraction of sp³-hybridized carbons (Fsp3) is 0.650. The zero-order valence-corrected chi connectivity index (χ0v) is 14.8. The van der Waals surface area contributed by atoms with Crippen molar-refractivity contribution in [2.75, 3.05) is 19.6 Å². The molecule has 1 aliphatic heterocycles. The Morgan fingerprint density at radius 2 is 1.92 bits per heavy atom. The number of nitrogens with zero attached hydrogens (tertiary/aromatic N) is 1. The maximum Gasteiger partial charge on any atom is 0.222 e. The van der Waals surface area contributed by atoms with Gasteiger partial charge in [-0.1, -0.05) is 31.0 Å². The molecule has 1 aromatic rings. The highest BCUT2D eigenvalue weighted by atomic mass is 19.1. The van der Waals surface area contributed by atoms with Crippen LogP contribution in [0.5, 0.6) is 0 Å². The quantitative estimate of drug-likeness (QED) is 0.831. The third-order valence-electron chi connectivity index (χ3n) is 5.67. The first-order chi connectivity index (χ1) is 12.0. The summed E-state index contributed by atoms with van der Waals surface area (Å²) in [7, 11) is 0. The lowest BCUT2D eigenvalue weighted by atomic mass is 9.95. The van der Waals surface area contributed by atoms with Gasteiger partial charge in [0, 0.05) is 18.7 Å². The summed E-state index contributed by atoms with van der Waals surface area (Å²) in [5.74, 6) is 0.305. The first-order valence-corrected chi connectivity index (χ1v) is 9.49. The topological polar surface area (TPSA) is 52.6 Å². The molecule has 1 amide bonds. The van der Waals surface area contributed by atoms with Crippen molar-refractivity contribution in [3.8, 4) is 0 Å². The van der Waals surface area contributed by atoms with E-state index in [9.17, 15) is 14.3 Å². The van der Waals surface area contributed by atoms with Crippen molar-refractivity contribution in [2.24, 2.45) is 5.92 Å². The predicted molar refractivity (Wildman–Crippen MR) is 95.4 cm³/mol. The van der Waals surface area contributed by atoms with Gasteiger partial charge in [-0.2, -0.15) is 0 Å². The minimum Gasteiger partial charge on any atom is -0.389 e. The first-order valence-electron chi connectivity index (χ1n) is 9.49. The zero-order valence-electron chi connectivity index (χ0n) is 14.8. The van der Waals surface area contributed by atoms with Gasteiger partial charge in [-0.15, -0.1) is 0 Å². The van der Waals surface area contributed by atoms with E-state index in [0.29, 0.717) is 19.0 Å². The summed E-state index contributed by atoms with van der Waals surface area (Å²) in [5, 5.41) is 13.3. The summed E-state index contributed by atoms with van der Waals surface area (Å²) < 4.78 is 13.7. The smallest absolute Gasteiger partial charge is 0.222 e. The van der Waals surface area contributed by atoms with Crippen molar-refractivity contribution in [2.45, 2.75) is 57.1 Å². The molecule has 1 saturated carbocycles. The molecule has 25 heavy (non-hydrogen) atoms. The standard InChI is InChI=1S/C20H29FN2O2/c21-18-6-2-1-5-17(18)15-23-11-7-16(8-12-23)14-22-19(24)13-20(25)9-3-4-10-20/h1-2,5-6,16,25H,3-4,7-15H2,(H,22,24). The molecule has 2 N–H and O–H groups in total. The molecule has 0 radical (unpaired) electrons. The van der Waals surface area contributed by atoms with E-state index in [-0.39, 0.29) is 18.1 Å². The van der Waals surface area contributed by atoms with Gasteiger partial charge >= 0.3 is 0 Å². The van der Waals surface area contributed by atoms with Crippen LogP contribution in [-0.2, 0) is 11.3 Å². The van der Waals surface area contributed by atoms with Gasteiger partial charge in [-0.05, 0) is 50.8 Å². The van der Waals surface area contributed by atoms with Crippen LogP contribution in [0.1, 0.15) is 50.5 Å². The fourth-order valence-electron chi connectivity index (χ4n) is 4.05. The van der Waals surface area contributed by atoms with Crippen LogP contribution in [0.4, 0.5) is 4.39 Å². The van der Waals surface area contributed by atoms with E-state index in [1.165, 1.54) is 6.07 Å². The van der Waals surface area contributed by atoms with Crippen LogP contribution >= 0.6 is 0 Å². The number of rotatable bonds is 6. The van der Waals surface area contributed by atoms with Crippen molar-refractivity contribution in [1.29, 1.82) is 0 Å². The number of aliphatic hydroxyl groups is 1. The van der Waals surface area contributed by atoms with Gasteiger partial charge in [-0.3, -0.25) is 9.69 Å². The maximum atomic E-state index is 13.7. The van der Waals surface area contributed by atoms with Crippen LogP contribution < -0.4 is 5.32 Å². The van der Waals surface area contributed by atoms with E-state index in [0.717, 1.165) is 57.2 Å². The van der Waals surface area contributed by atoms with Gasteiger partial charge in [0.05, 0.1) is 12.0 Å². The van der Waals surface area contributed by atoms with Crippen molar-refractivity contribution in [3.63, 3.8) is 0 Å². The van der Waals surface area contributed by atoms with Crippen LogP contribution in [0, 0.1) is 11.7 Å². The zero-order chi connectivity index (χ0) is 17.7. The van der Waals surface area contributed by atoms with E-state index < -0.39 is 5.60 Å². The van der Waals surface area contributed by atoms with Gasteiger partial charge in [0.2, 0.25) is 5.91 Å². The molecular formula is C20H29FN2O2. The molecule has 5 heteroatoms. The molecule has 1 aliphatic carbocycles.